The molecule has 0 spiro atoms. The van der Waals surface area contributed by atoms with Gasteiger partial charge in [0, 0.05) is 10.7 Å². The monoisotopic (exact) mass is 195 g/mol. The standard InChI is InChI=1S/C8H6ClN3O/c9-6-2-1-3-7(4-6)12-5-10-11-8(12)13/h1-4H,5H2. The van der Waals surface area contributed by atoms with Crippen molar-refractivity contribution in [1.29, 1.82) is 0 Å². The molecule has 1 aromatic rings. The summed E-state index contributed by atoms with van der Waals surface area (Å²) in [6.07, 6.45) is 0. The van der Waals surface area contributed by atoms with Crippen LogP contribution in [-0.2, 0) is 0 Å². The number of carbonyl (C=O) groups excluding carboxylic acids is 1. The quantitative estimate of drug-likeness (QED) is 0.680. The third-order valence-electron chi connectivity index (χ3n) is 1.71. The average molecular weight is 196 g/mol. The molecule has 1 aliphatic rings. The van der Waals surface area contributed by atoms with Gasteiger partial charge in [0.05, 0.1) is 0 Å². The fraction of sp³-hybridized carbons (Fsp3) is 0.125. The first-order valence-corrected chi connectivity index (χ1v) is 4.10. The molecule has 0 atom stereocenters. The summed E-state index contributed by atoms with van der Waals surface area (Å²) in [4.78, 5) is 12.6. The van der Waals surface area contributed by atoms with Crippen molar-refractivity contribution in [3.63, 3.8) is 0 Å². The molecule has 0 saturated carbocycles. The van der Waals surface area contributed by atoms with Crippen LogP contribution in [0.2, 0.25) is 5.02 Å². The Balaban J connectivity index is 2.31. The number of hydrogen-bond acceptors (Lipinski definition) is 2. The minimum absolute atomic E-state index is 0.277. The zero-order valence-corrected chi connectivity index (χ0v) is 7.40. The second-order valence-corrected chi connectivity index (χ2v) is 3.01. The highest BCUT2D eigenvalue weighted by Crippen LogP contribution is 2.22. The van der Waals surface area contributed by atoms with Crippen LogP contribution in [0.15, 0.2) is 34.5 Å². The predicted molar refractivity (Wildman–Crippen MR) is 49.1 cm³/mol. The zero-order chi connectivity index (χ0) is 9.26. The zero-order valence-electron chi connectivity index (χ0n) is 6.64. The summed E-state index contributed by atoms with van der Waals surface area (Å²) in [6, 6.07) is 6.68. The summed E-state index contributed by atoms with van der Waals surface area (Å²) in [5.41, 5.74) is 0.725. The van der Waals surface area contributed by atoms with E-state index in [0.29, 0.717) is 5.02 Å². The van der Waals surface area contributed by atoms with Crippen LogP contribution in [0, 0.1) is 0 Å². The van der Waals surface area contributed by atoms with Crippen LogP contribution in [0.25, 0.3) is 0 Å². The lowest BCUT2D eigenvalue weighted by Crippen LogP contribution is -2.22. The third kappa shape index (κ3) is 1.53. The molecule has 0 fully saturated rings. The van der Waals surface area contributed by atoms with E-state index < -0.39 is 0 Å². The smallest absolute Gasteiger partial charge is 0.269 e. The SMILES string of the molecule is O=C1N=NCN1c1cccc(Cl)c1. The molecule has 0 radical (unpaired) electrons. The van der Waals surface area contributed by atoms with Crippen LogP contribution in [0.4, 0.5) is 10.5 Å². The molecule has 1 heterocycles. The Morgan fingerprint density at radius 2 is 2.31 bits per heavy atom. The number of anilines is 1. The van der Waals surface area contributed by atoms with Crippen molar-refractivity contribution >= 4 is 23.3 Å². The van der Waals surface area contributed by atoms with Crippen molar-refractivity contribution in [2.75, 3.05) is 11.6 Å². The van der Waals surface area contributed by atoms with Crippen LogP contribution in [-0.4, -0.2) is 12.7 Å². The van der Waals surface area contributed by atoms with Crippen LogP contribution in [0.1, 0.15) is 0 Å². The summed E-state index contributed by atoms with van der Waals surface area (Å²) in [6.45, 7) is 0.277. The predicted octanol–water partition coefficient (Wildman–Crippen LogP) is 2.69. The van der Waals surface area contributed by atoms with Gasteiger partial charge in [-0.25, -0.2) is 4.79 Å². The molecule has 0 unspecified atom stereocenters. The average Bonchev–Trinajstić information content (AvgIpc) is 2.51. The number of rotatable bonds is 1. The van der Waals surface area contributed by atoms with E-state index in [1.165, 1.54) is 4.90 Å². The number of carbonyl (C=O) groups is 1. The van der Waals surface area contributed by atoms with Crippen LogP contribution < -0.4 is 4.90 Å². The topological polar surface area (TPSA) is 45.0 Å². The van der Waals surface area contributed by atoms with Crippen LogP contribution in [0.5, 0.6) is 0 Å². The molecule has 0 aromatic heterocycles. The van der Waals surface area contributed by atoms with Gasteiger partial charge in [-0.3, -0.25) is 4.90 Å². The Morgan fingerprint density at radius 3 is 2.92 bits per heavy atom. The fourth-order valence-corrected chi connectivity index (χ4v) is 1.29. The van der Waals surface area contributed by atoms with Crippen molar-refractivity contribution in [3.05, 3.63) is 29.3 Å². The van der Waals surface area contributed by atoms with E-state index in [9.17, 15) is 4.79 Å². The van der Waals surface area contributed by atoms with Gasteiger partial charge in [-0.1, -0.05) is 22.8 Å². The molecular weight excluding hydrogens is 190 g/mol. The van der Waals surface area contributed by atoms with Crippen molar-refractivity contribution < 1.29 is 4.79 Å². The number of halogens is 1. The first-order chi connectivity index (χ1) is 6.27. The Hall–Kier alpha value is -1.42. The number of hydrogen-bond donors (Lipinski definition) is 0. The lowest BCUT2D eigenvalue weighted by molar-refractivity contribution is 0.256. The minimum Gasteiger partial charge on any atom is -0.269 e. The number of azo groups is 1. The first kappa shape index (κ1) is 8.19. The molecule has 5 heteroatoms. The van der Waals surface area contributed by atoms with Gasteiger partial charge >= 0.3 is 6.03 Å². The largest absolute Gasteiger partial charge is 0.367 e. The van der Waals surface area contributed by atoms with E-state index in [0.717, 1.165) is 5.69 Å². The van der Waals surface area contributed by atoms with Crippen molar-refractivity contribution in [2.45, 2.75) is 0 Å². The summed E-state index contributed by atoms with van der Waals surface area (Å²) >= 11 is 5.77. The Kier molecular flexibility index (Phi) is 1.98. The van der Waals surface area contributed by atoms with Gasteiger partial charge in [0.2, 0.25) is 0 Å². The number of nitrogens with zero attached hydrogens (tertiary/aromatic N) is 3. The Morgan fingerprint density at radius 1 is 1.46 bits per heavy atom. The molecule has 0 aliphatic carbocycles. The number of urea groups is 1. The molecule has 2 amide bonds. The van der Waals surface area contributed by atoms with Gasteiger partial charge < -0.3 is 0 Å². The molecule has 66 valence electrons. The van der Waals surface area contributed by atoms with Gasteiger partial charge in [-0.05, 0) is 18.2 Å². The van der Waals surface area contributed by atoms with E-state index in [1.807, 2.05) is 0 Å². The molecule has 1 aliphatic heterocycles. The highest BCUT2D eigenvalue weighted by molar-refractivity contribution is 6.30. The second-order valence-electron chi connectivity index (χ2n) is 2.57. The van der Waals surface area contributed by atoms with Crippen LogP contribution in [0.3, 0.4) is 0 Å². The molecule has 4 nitrogen and oxygen atoms in total. The molecular formula is C8H6ClN3O. The lowest BCUT2D eigenvalue weighted by atomic mass is 10.3. The maximum atomic E-state index is 11.1. The Labute approximate surface area is 79.8 Å². The van der Waals surface area contributed by atoms with Gasteiger partial charge in [-0.2, -0.15) is 5.11 Å². The highest BCUT2D eigenvalue weighted by Gasteiger charge is 2.19. The first-order valence-electron chi connectivity index (χ1n) is 3.72. The summed E-state index contributed by atoms with van der Waals surface area (Å²) in [5, 5.41) is 7.60. The van der Waals surface area contributed by atoms with E-state index in [2.05, 4.69) is 10.2 Å². The van der Waals surface area contributed by atoms with Gasteiger partial charge in [0.15, 0.2) is 0 Å². The van der Waals surface area contributed by atoms with E-state index in [1.54, 1.807) is 24.3 Å². The lowest BCUT2D eigenvalue weighted by Gasteiger charge is -2.11. The van der Waals surface area contributed by atoms with Crippen LogP contribution >= 0.6 is 11.6 Å². The molecule has 2 rings (SSSR count). The molecule has 0 bridgehead atoms. The van der Waals surface area contributed by atoms with E-state index in [4.69, 9.17) is 11.6 Å². The summed E-state index contributed by atoms with van der Waals surface area (Å²) in [5.74, 6) is 0. The molecule has 1 aromatic carbocycles. The third-order valence-corrected chi connectivity index (χ3v) is 1.95. The van der Waals surface area contributed by atoms with Gasteiger partial charge in [0.25, 0.3) is 0 Å². The van der Waals surface area contributed by atoms with Crippen molar-refractivity contribution in [1.82, 2.24) is 0 Å². The molecule has 0 saturated heterocycles. The highest BCUT2D eigenvalue weighted by atomic mass is 35.5. The second kappa shape index (κ2) is 3.14. The fourth-order valence-electron chi connectivity index (χ4n) is 1.11. The number of amides is 2. The van der Waals surface area contributed by atoms with E-state index in [-0.39, 0.29) is 12.7 Å². The van der Waals surface area contributed by atoms with E-state index >= 15 is 0 Å². The summed E-state index contributed by atoms with van der Waals surface area (Å²) in [7, 11) is 0. The Bertz CT molecular complexity index is 377. The normalized spacial score (nSPS) is 15.5. The maximum Gasteiger partial charge on any atom is 0.367 e. The molecule has 0 N–H and O–H groups in total. The number of benzene rings is 1. The van der Waals surface area contributed by atoms with Crippen molar-refractivity contribution in [3.8, 4) is 0 Å². The van der Waals surface area contributed by atoms with Gasteiger partial charge in [-0.15, -0.1) is 0 Å². The van der Waals surface area contributed by atoms with Crippen molar-refractivity contribution in [2.24, 2.45) is 10.2 Å². The summed E-state index contributed by atoms with van der Waals surface area (Å²) < 4.78 is 0. The minimum atomic E-state index is -0.345. The maximum absolute atomic E-state index is 11.1. The molecule has 13 heavy (non-hydrogen) atoms. The van der Waals surface area contributed by atoms with Gasteiger partial charge in [0.1, 0.15) is 6.67 Å².